The number of aliphatic hydroxyl groups is 1. The topological polar surface area (TPSA) is 60.9 Å². The summed E-state index contributed by atoms with van der Waals surface area (Å²) in [7, 11) is 1.71. The van der Waals surface area contributed by atoms with Crippen molar-refractivity contribution in [1.82, 2.24) is 4.90 Å². The second-order valence-corrected chi connectivity index (χ2v) is 6.70. The van der Waals surface area contributed by atoms with E-state index in [4.69, 9.17) is 0 Å². The van der Waals surface area contributed by atoms with Crippen molar-refractivity contribution >= 4 is 23.6 Å². The first-order valence-electron chi connectivity index (χ1n) is 8.56. The minimum atomic E-state index is -0.412. The highest BCUT2D eigenvalue weighted by Gasteiger charge is 2.30. The highest BCUT2D eigenvalue weighted by atomic mass is 16.3. The summed E-state index contributed by atoms with van der Waals surface area (Å²) in [5, 5.41) is 9.90. The Labute approximate surface area is 142 Å². The Hall–Kier alpha value is -2.14. The van der Waals surface area contributed by atoms with Crippen LogP contribution in [-0.4, -0.2) is 48.1 Å². The SMILES string of the molecule is CN(CC(O)C1CC1)C(=O)C=Cc1ccc(N2CCCC2=O)cc1. The van der Waals surface area contributed by atoms with Crippen molar-refractivity contribution in [2.24, 2.45) is 5.92 Å². The Morgan fingerprint density at radius 2 is 2.08 bits per heavy atom. The first-order chi connectivity index (χ1) is 11.5. The fraction of sp³-hybridized carbons (Fsp3) is 0.474. The van der Waals surface area contributed by atoms with E-state index in [1.165, 1.54) is 6.08 Å². The van der Waals surface area contributed by atoms with Gasteiger partial charge in [-0.1, -0.05) is 12.1 Å². The lowest BCUT2D eigenvalue weighted by Gasteiger charge is -2.19. The Balaban J connectivity index is 1.55. The summed E-state index contributed by atoms with van der Waals surface area (Å²) in [5.74, 6) is 0.419. The molecule has 5 heteroatoms. The van der Waals surface area contributed by atoms with Crippen LogP contribution < -0.4 is 4.90 Å². The van der Waals surface area contributed by atoms with Gasteiger partial charge in [0.25, 0.3) is 0 Å². The van der Waals surface area contributed by atoms with Crippen LogP contribution in [-0.2, 0) is 9.59 Å². The molecule has 1 unspecified atom stereocenters. The summed E-state index contributed by atoms with van der Waals surface area (Å²) in [5.41, 5.74) is 1.82. The second-order valence-electron chi connectivity index (χ2n) is 6.70. The van der Waals surface area contributed by atoms with E-state index in [1.807, 2.05) is 24.3 Å². The second kappa shape index (κ2) is 7.18. The molecule has 1 aliphatic heterocycles. The normalized spacial score (nSPS) is 19.1. The van der Waals surface area contributed by atoms with Crippen molar-refractivity contribution in [2.75, 3.05) is 25.0 Å². The van der Waals surface area contributed by atoms with Crippen LogP contribution in [0.1, 0.15) is 31.2 Å². The molecule has 2 aliphatic rings. The summed E-state index contributed by atoms with van der Waals surface area (Å²) in [6.45, 7) is 1.16. The average molecular weight is 328 g/mol. The highest BCUT2D eigenvalue weighted by molar-refractivity contribution is 5.95. The van der Waals surface area contributed by atoms with E-state index >= 15 is 0 Å². The largest absolute Gasteiger partial charge is 0.391 e. The maximum Gasteiger partial charge on any atom is 0.246 e. The van der Waals surface area contributed by atoms with Crippen LogP contribution >= 0.6 is 0 Å². The minimum Gasteiger partial charge on any atom is -0.391 e. The van der Waals surface area contributed by atoms with Crippen molar-refractivity contribution < 1.29 is 14.7 Å². The van der Waals surface area contributed by atoms with Crippen molar-refractivity contribution in [1.29, 1.82) is 0 Å². The molecule has 5 nitrogen and oxygen atoms in total. The van der Waals surface area contributed by atoms with Crippen LogP contribution in [0, 0.1) is 5.92 Å². The quantitative estimate of drug-likeness (QED) is 0.813. The van der Waals surface area contributed by atoms with Crippen LogP contribution in [0.15, 0.2) is 30.3 Å². The Bertz CT molecular complexity index is 635. The molecule has 1 heterocycles. The third kappa shape index (κ3) is 4.03. The zero-order valence-electron chi connectivity index (χ0n) is 14.0. The van der Waals surface area contributed by atoms with Crippen LogP contribution in [0.4, 0.5) is 5.69 Å². The number of aliphatic hydroxyl groups excluding tert-OH is 1. The molecule has 1 aromatic rings. The molecule has 0 radical (unpaired) electrons. The van der Waals surface area contributed by atoms with E-state index < -0.39 is 6.10 Å². The Morgan fingerprint density at radius 1 is 1.38 bits per heavy atom. The number of hydrogen-bond donors (Lipinski definition) is 1. The number of carbonyl (C=O) groups is 2. The number of carbonyl (C=O) groups excluding carboxylic acids is 2. The van der Waals surface area contributed by atoms with Gasteiger partial charge >= 0.3 is 0 Å². The van der Waals surface area contributed by atoms with E-state index in [9.17, 15) is 14.7 Å². The third-order valence-corrected chi connectivity index (χ3v) is 4.70. The van der Waals surface area contributed by atoms with Crippen molar-refractivity contribution in [3.8, 4) is 0 Å². The minimum absolute atomic E-state index is 0.117. The van der Waals surface area contributed by atoms with Crippen LogP contribution in [0.5, 0.6) is 0 Å². The number of likely N-dealkylation sites (N-methyl/N-ethyl adjacent to an activating group) is 1. The van der Waals surface area contributed by atoms with Gasteiger partial charge in [0.15, 0.2) is 0 Å². The van der Waals surface area contributed by atoms with Gasteiger partial charge in [-0.25, -0.2) is 0 Å². The first-order valence-corrected chi connectivity index (χ1v) is 8.56. The molecular weight excluding hydrogens is 304 g/mol. The number of anilines is 1. The zero-order valence-corrected chi connectivity index (χ0v) is 14.0. The molecule has 2 amide bonds. The summed E-state index contributed by atoms with van der Waals surface area (Å²) >= 11 is 0. The fourth-order valence-corrected chi connectivity index (χ4v) is 2.98. The molecule has 0 spiro atoms. The molecule has 1 saturated carbocycles. The molecule has 1 aromatic carbocycles. The summed E-state index contributed by atoms with van der Waals surface area (Å²) in [6, 6.07) is 7.63. The van der Waals surface area contributed by atoms with Gasteiger partial charge in [-0.15, -0.1) is 0 Å². The lowest BCUT2D eigenvalue weighted by atomic mass is 10.1. The maximum atomic E-state index is 12.1. The van der Waals surface area contributed by atoms with Crippen molar-refractivity contribution in [3.05, 3.63) is 35.9 Å². The Morgan fingerprint density at radius 3 is 2.67 bits per heavy atom. The zero-order chi connectivity index (χ0) is 17.1. The van der Waals surface area contributed by atoms with Gasteiger partial charge in [0.1, 0.15) is 0 Å². The van der Waals surface area contributed by atoms with E-state index in [0.29, 0.717) is 18.9 Å². The smallest absolute Gasteiger partial charge is 0.246 e. The maximum absolute atomic E-state index is 12.1. The molecular formula is C19H24N2O3. The molecule has 1 saturated heterocycles. The van der Waals surface area contributed by atoms with E-state index in [2.05, 4.69) is 0 Å². The first kappa shape index (κ1) is 16.7. The lowest BCUT2D eigenvalue weighted by molar-refractivity contribution is -0.126. The molecule has 0 bridgehead atoms. The molecule has 3 rings (SSSR count). The standard InChI is InChI=1S/C19H24N2O3/c1-20(13-17(22)15-7-8-15)18(23)11-6-14-4-9-16(10-5-14)21-12-2-3-19(21)24/h4-6,9-11,15,17,22H,2-3,7-8,12-13H2,1H3. The number of hydrogen-bond acceptors (Lipinski definition) is 3. The van der Waals surface area contributed by atoms with Crippen LogP contribution in [0.3, 0.4) is 0 Å². The molecule has 2 fully saturated rings. The third-order valence-electron chi connectivity index (χ3n) is 4.70. The van der Waals surface area contributed by atoms with Crippen LogP contribution in [0.2, 0.25) is 0 Å². The molecule has 1 aliphatic carbocycles. The number of amides is 2. The van der Waals surface area contributed by atoms with Gasteiger partial charge in [-0.2, -0.15) is 0 Å². The summed E-state index contributed by atoms with van der Waals surface area (Å²) in [6.07, 6.45) is 6.52. The Kier molecular flexibility index (Phi) is 5.00. The highest BCUT2D eigenvalue weighted by Crippen LogP contribution is 2.32. The number of rotatable bonds is 6. The molecule has 1 atom stereocenters. The summed E-state index contributed by atoms with van der Waals surface area (Å²) < 4.78 is 0. The van der Waals surface area contributed by atoms with Crippen LogP contribution in [0.25, 0.3) is 6.08 Å². The average Bonchev–Trinajstić information content (AvgIpc) is 3.35. The molecule has 0 aromatic heterocycles. The van der Waals surface area contributed by atoms with Gasteiger partial charge in [0.2, 0.25) is 11.8 Å². The van der Waals surface area contributed by atoms with Gasteiger partial charge < -0.3 is 14.9 Å². The van der Waals surface area contributed by atoms with E-state index in [0.717, 1.165) is 37.1 Å². The van der Waals surface area contributed by atoms with Gasteiger partial charge in [-0.05, 0) is 49.0 Å². The number of benzene rings is 1. The summed E-state index contributed by atoms with van der Waals surface area (Å²) in [4.78, 5) is 27.2. The fourth-order valence-electron chi connectivity index (χ4n) is 2.98. The lowest BCUT2D eigenvalue weighted by Crippen LogP contribution is -2.34. The van der Waals surface area contributed by atoms with E-state index in [-0.39, 0.29) is 11.8 Å². The van der Waals surface area contributed by atoms with Crippen molar-refractivity contribution in [2.45, 2.75) is 31.8 Å². The van der Waals surface area contributed by atoms with Crippen molar-refractivity contribution in [3.63, 3.8) is 0 Å². The predicted molar refractivity (Wildman–Crippen MR) is 93.4 cm³/mol. The van der Waals surface area contributed by atoms with Gasteiger partial charge in [0.05, 0.1) is 6.10 Å². The van der Waals surface area contributed by atoms with E-state index in [1.54, 1.807) is 22.9 Å². The van der Waals surface area contributed by atoms with Gasteiger partial charge in [-0.3, -0.25) is 9.59 Å². The number of nitrogens with zero attached hydrogens (tertiary/aromatic N) is 2. The molecule has 1 N–H and O–H groups in total. The van der Waals surface area contributed by atoms with Gasteiger partial charge in [0, 0.05) is 38.3 Å². The monoisotopic (exact) mass is 328 g/mol. The molecule has 24 heavy (non-hydrogen) atoms. The predicted octanol–water partition coefficient (Wildman–Crippen LogP) is 2.06. The molecule has 128 valence electrons.